The number of carbonyl (C=O) groups is 2. The van der Waals surface area contributed by atoms with Gasteiger partial charge in [-0.25, -0.2) is 4.39 Å². The number of likely N-dealkylation sites (tertiary alicyclic amines) is 1. The van der Waals surface area contributed by atoms with Crippen LogP contribution in [0.25, 0.3) is 0 Å². The van der Waals surface area contributed by atoms with E-state index in [0.717, 1.165) is 0 Å². The van der Waals surface area contributed by atoms with Gasteiger partial charge in [-0.05, 0) is 44.4 Å². The van der Waals surface area contributed by atoms with Crippen molar-refractivity contribution in [3.63, 3.8) is 0 Å². The molecule has 3 rings (SSSR count). The number of amides is 1. The third-order valence-corrected chi connectivity index (χ3v) is 4.99. The van der Waals surface area contributed by atoms with E-state index < -0.39 is 11.7 Å². The first-order valence-electron chi connectivity index (χ1n) is 9.08. The van der Waals surface area contributed by atoms with Gasteiger partial charge in [0.1, 0.15) is 22.9 Å². The Morgan fingerprint density at radius 3 is 2.89 bits per heavy atom. The molecule has 144 valence electrons. The van der Waals surface area contributed by atoms with Crippen LogP contribution in [0.4, 0.5) is 4.39 Å². The molecule has 1 aliphatic rings. The van der Waals surface area contributed by atoms with Crippen LogP contribution in [0.2, 0.25) is 0 Å². The van der Waals surface area contributed by atoms with Crippen LogP contribution in [-0.4, -0.2) is 41.9 Å². The molecule has 6 nitrogen and oxygen atoms in total. The Labute approximate surface area is 157 Å². The van der Waals surface area contributed by atoms with E-state index in [1.54, 1.807) is 11.8 Å². The van der Waals surface area contributed by atoms with Gasteiger partial charge in [-0.2, -0.15) is 0 Å². The van der Waals surface area contributed by atoms with Crippen LogP contribution in [0.1, 0.15) is 51.9 Å². The standard InChI is InChI=1S/C20H23FN2O4/c1-4-16-18(12(2)27-22-16)20(25)23-9-5-6-13(11-23)19(24)15-10-14(21)7-8-17(15)26-3/h7-8,10,13H,4-6,9,11H2,1-3H3/t13-/m1/s1. The maximum atomic E-state index is 13.6. The zero-order chi connectivity index (χ0) is 19.6. The van der Waals surface area contributed by atoms with Crippen molar-refractivity contribution >= 4 is 11.7 Å². The highest BCUT2D eigenvalue weighted by Crippen LogP contribution is 2.28. The zero-order valence-corrected chi connectivity index (χ0v) is 15.8. The summed E-state index contributed by atoms with van der Waals surface area (Å²) in [6.07, 6.45) is 1.94. The van der Waals surface area contributed by atoms with E-state index >= 15 is 0 Å². The second-order valence-corrected chi connectivity index (χ2v) is 6.71. The number of halogens is 1. The topological polar surface area (TPSA) is 72.6 Å². The molecule has 2 aromatic rings. The fourth-order valence-electron chi connectivity index (χ4n) is 3.56. The minimum absolute atomic E-state index is 0.172. The largest absolute Gasteiger partial charge is 0.496 e. The first kappa shape index (κ1) is 19.1. The van der Waals surface area contributed by atoms with Gasteiger partial charge < -0.3 is 14.2 Å². The average Bonchev–Trinajstić information content (AvgIpc) is 3.07. The molecule has 0 spiro atoms. The van der Waals surface area contributed by atoms with E-state index in [9.17, 15) is 14.0 Å². The Balaban J connectivity index is 1.82. The van der Waals surface area contributed by atoms with Crippen LogP contribution in [-0.2, 0) is 6.42 Å². The molecule has 0 N–H and O–H groups in total. The van der Waals surface area contributed by atoms with Crippen LogP contribution in [0.15, 0.2) is 22.7 Å². The van der Waals surface area contributed by atoms with Crippen molar-refractivity contribution in [1.29, 1.82) is 0 Å². The Bertz CT molecular complexity index is 862. The Morgan fingerprint density at radius 2 is 2.19 bits per heavy atom. The van der Waals surface area contributed by atoms with E-state index in [-0.39, 0.29) is 23.8 Å². The van der Waals surface area contributed by atoms with E-state index in [1.165, 1.54) is 25.3 Å². The van der Waals surface area contributed by atoms with Crippen LogP contribution in [0.3, 0.4) is 0 Å². The highest BCUT2D eigenvalue weighted by molar-refractivity contribution is 6.01. The van der Waals surface area contributed by atoms with Crippen LogP contribution in [0, 0.1) is 18.7 Å². The molecule has 27 heavy (non-hydrogen) atoms. The summed E-state index contributed by atoms with van der Waals surface area (Å²) in [4.78, 5) is 27.6. The molecule has 1 aromatic carbocycles. The second-order valence-electron chi connectivity index (χ2n) is 6.71. The Morgan fingerprint density at radius 1 is 1.41 bits per heavy atom. The van der Waals surface area contributed by atoms with Crippen molar-refractivity contribution in [3.05, 3.63) is 46.6 Å². The number of hydrogen-bond donors (Lipinski definition) is 0. The molecular weight excluding hydrogens is 351 g/mol. The predicted octanol–water partition coefficient (Wildman–Crippen LogP) is 3.43. The van der Waals surface area contributed by atoms with E-state index in [1.807, 2.05) is 6.92 Å². The third-order valence-electron chi connectivity index (χ3n) is 4.99. The average molecular weight is 374 g/mol. The van der Waals surface area contributed by atoms with Crippen molar-refractivity contribution in [2.75, 3.05) is 20.2 Å². The molecule has 1 fully saturated rings. The Hall–Kier alpha value is -2.70. The fourth-order valence-corrected chi connectivity index (χ4v) is 3.56. The number of aromatic nitrogens is 1. The predicted molar refractivity (Wildman–Crippen MR) is 96.5 cm³/mol. The molecule has 1 aliphatic heterocycles. The summed E-state index contributed by atoms with van der Waals surface area (Å²) in [5.74, 6) is -0.444. The Kier molecular flexibility index (Phi) is 5.58. The van der Waals surface area contributed by atoms with Gasteiger partial charge in [0.15, 0.2) is 5.78 Å². The number of carbonyl (C=O) groups excluding carboxylic acids is 2. The number of hydrogen-bond acceptors (Lipinski definition) is 5. The number of ketones is 1. The minimum Gasteiger partial charge on any atom is -0.496 e. The third kappa shape index (κ3) is 3.72. The SMILES string of the molecule is CCc1noc(C)c1C(=O)N1CCC[C@@H](C(=O)c2cc(F)ccc2OC)C1. The van der Waals surface area contributed by atoms with Crippen LogP contribution < -0.4 is 4.74 Å². The maximum Gasteiger partial charge on any atom is 0.259 e. The number of methoxy groups -OCH3 is 1. The molecule has 0 unspecified atom stereocenters. The number of Topliss-reactive ketones (excluding diaryl/α,β-unsaturated/α-hetero) is 1. The molecule has 0 saturated carbocycles. The summed E-state index contributed by atoms with van der Waals surface area (Å²) >= 11 is 0. The minimum atomic E-state index is -0.490. The van der Waals surface area contributed by atoms with Gasteiger partial charge in [-0.3, -0.25) is 9.59 Å². The maximum absolute atomic E-state index is 13.6. The van der Waals surface area contributed by atoms with Gasteiger partial charge in [-0.1, -0.05) is 12.1 Å². The summed E-state index contributed by atoms with van der Waals surface area (Å²) in [5.41, 5.74) is 1.32. The molecule has 0 radical (unpaired) electrons. The summed E-state index contributed by atoms with van der Waals surface area (Å²) < 4.78 is 24.0. The van der Waals surface area contributed by atoms with Crippen molar-refractivity contribution in [2.45, 2.75) is 33.1 Å². The first-order valence-corrected chi connectivity index (χ1v) is 9.08. The molecule has 1 amide bonds. The molecule has 0 bridgehead atoms. The number of rotatable bonds is 5. The van der Waals surface area contributed by atoms with E-state index in [0.29, 0.717) is 48.6 Å². The van der Waals surface area contributed by atoms with Gasteiger partial charge in [-0.15, -0.1) is 0 Å². The van der Waals surface area contributed by atoms with Crippen molar-refractivity contribution in [3.8, 4) is 5.75 Å². The van der Waals surface area contributed by atoms with E-state index in [2.05, 4.69) is 5.16 Å². The summed E-state index contributed by atoms with van der Waals surface area (Å²) in [5, 5.41) is 3.94. The summed E-state index contributed by atoms with van der Waals surface area (Å²) in [7, 11) is 1.45. The number of piperidine rings is 1. The van der Waals surface area contributed by atoms with Crippen molar-refractivity contribution in [1.82, 2.24) is 10.1 Å². The zero-order valence-electron chi connectivity index (χ0n) is 15.8. The molecule has 1 atom stereocenters. The van der Waals surface area contributed by atoms with Crippen LogP contribution in [0.5, 0.6) is 5.75 Å². The van der Waals surface area contributed by atoms with Gasteiger partial charge in [0, 0.05) is 19.0 Å². The monoisotopic (exact) mass is 374 g/mol. The lowest BCUT2D eigenvalue weighted by molar-refractivity contribution is 0.0634. The second kappa shape index (κ2) is 7.90. The molecule has 1 saturated heterocycles. The molecular formula is C20H23FN2O4. The van der Waals surface area contributed by atoms with E-state index in [4.69, 9.17) is 9.26 Å². The van der Waals surface area contributed by atoms with Gasteiger partial charge >= 0.3 is 0 Å². The quantitative estimate of drug-likeness (QED) is 0.750. The van der Waals surface area contributed by atoms with Gasteiger partial charge in [0.05, 0.1) is 18.4 Å². The first-order chi connectivity index (χ1) is 13.0. The van der Waals surface area contributed by atoms with Crippen LogP contribution >= 0.6 is 0 Å². The number of nitrogens with zero attached hydrogens (tertiary/aromatic N) is 2. The van der Waals surface area contributed by atoms with Crippen molar-refractivity contribution in [2.24, 2.45) is 5.92 Å². The highest BCUT2D eigenvalue weighted by atomic mass is 19.1. The molecule has 7 heteroatoms. The summed E-state index contributed by atoms with van der Waals surface area (Å²) in [6.45, 7) is 4.47. The molecule has 2 heterocycles. The number of benzene rings is 1. The molecule has 0 aliphatic carbocycles. The fraction of sp³-hybridized carbons (Fsp3) is 0.450. The number of ether oxygens (including phenoxy) is 1. The van der Waals surface area contributed by atoms with Gasteiger partial charge in [0.25, 0.3) is 5.91 Å². The van der Waals surface area contributed by atoms with Crippen molar-refractivity contribution < 1.29 is 23.2 Å². The lowest BCUT2D eigenvalue weighted by Crippen LogP contribution is -2.42. The highest BCUT2D eigenvalue weighted by Gasteiger charge is 2.33. The molecule has 1 aromatic heterocycles. The lowest BCUT2D eigenvalue weighted by Gasteiger charge is -2.32. The number of aryl methyl sites for hydroxylation is 2. The smallest absolute Gasteiger partial charge is 0.259 e. The van der Waals surface area contributed by atoms with Gasteiger partial charge in [0.2, 0.25) is 0 Å². The normalized spacial score (nSPS) is 17.0. The summed E-state index contributed by atoms with van der Waals surface area (Å²) in [6, 6.07) is 3.90. The lowest BCUT2D eigenvalue weighted by atomic mass is 9.89.